The Hall–Kier alpha value is -2.41. The van der Waals surface area contributed by atoms with Crippen molar-refractivity contribution < 1.29 is 17.6 Å². The van der Waals surface area contributed by atoms with Crippen molar-refractivity contribution in [2.24, 2.45) is 0 Å². The number of amides is 1. The highest BCUT2D eigenvalue weighted by atomic mass is 32.2. The van der Waals surface area contributed by atoms with Gasteiger partial charge in [0.2, 0.25) is 15.9 Å². The molecule has 5 nitrogen and oxygen atoms in total. The first-order valence-electron chi connectivity index (χ1n) is 8.18. The highest BCUT2D eigenvalue weighted by Crippen LogP contribution is 2.26. The summed E-state index contributed by atoms with van der Waals surface area (Å²) >= 11 is 0. The van der Waals surface area contributed by atoms with E-state index in [9.17, 15) is 17.6 Å². The van der Waals surface area contributed by atoms with Crippen molar-refractivity contribution in [3.8, 4) is 0 Å². The molecule has 0 saturated carbocycles. The largest absolute Gasteiger partial charge is 0.348 e. The number of para-hydroxylation sites is 1. The molecule has 2 aromatic carbocycles. The van der Waals surface area contributed by atoms with Gasteiger partial charge in [0.15, 0.2) is 0 Å². The number of nitrogens with zero attached hydrogens (tertiary/aromatic N) is 1. The van der Waals surface area contributed by atoms with Gasteiger partial charge >= 0.3 is 0 Å². The molecule has 7 heteroatoms. The lowest BCUT2D eigenvalue weighted by molar-refractivity contribution is -0.120. The van der Waals surface area contributed by atoms with Gasteiger partial charge in [0.1, 0.15) is 12.4 Å². The van der Waals surface area contributed by atoms with E-state index in [-0.39, 0.29) is 18.4 Å². The molecule has 0 aromatic heterocycles. The molecule has 1 amide bonds. The molecule has 0 bridgehead atoms. The van der Waals surface area contributed by atoms with Crippen LogP contribution in [0.5, 0.6) is 0 Å². The number of halogens is 1. The van der Waals surface area contributed by atoms with Crippen LogP contribution in [-0.2, 0) is 14.8 Å². The smallest absolute Gasteiger partial charge is 0.241 e. The molecule has 1 N–H and O–H groups in total. The van der Waals surface area contributed by atoms with Crippen molar-refractivity contribution >= 4 is 21.6 Å². The third-order valence-corrected chi connectivity index (χ3v) is 5.24. The summed E-state index contributed by atoms with van der Waals surface area (Å²) in [7, 11) is -3.64. The van der Waals surface area contributed by atoms with Crippen LogP contribution < -0.4 is 9.62 Å². The highest BCUT2D eigenvalue weighted by molar-refractivity contribution is 7.92. The molecule has 0 spiro atoms. The van der Waals surface area contributed by atoms with Crippen LogP contribution >= 0.6 is 0 Å². The normalized spacial score (nSPS) is 12.5. The van der Waals surface area contributed by atoms with Gasteiger partial charge in [0.05, 0.1) is 18.0 Å². The van der Waals surface area contributed by atoms with Gasteiger partial charge in [-0.1, -0.05) is 30.3 Å². The number of carbonyl (C=O) groups is 1. The molecule has 0 aliphatic carbocycles. The Morgan fingerprint density at radius 2 is 1.65 bits per heavy atom. The van der Waals surface area contributed by atoms with Gasteiger partial charge in [0, 0.05) is 0 Å². The topological polar surface area (TPSA) is 66.5 Å². The number of nitrogens with one attached hydrogen (secondary N) is 1. The third-order valence-electron chi connectivity index (χ3n) is 4.12. The summed E-state index contributed by atoms with van der Waals surface area (Å²) in [5, 5.41) is 2.76. The van der Waals surface area contributed by atoms with Gasteiger partial charge < -0.3 is 5.32 Å². The van der Waals surface area contributed by atoms with Crippen LogP contribution in [0.4, 0.5) is 10.1 Å². The third kappa shape index (κ3) is 4.82. The van der Waals surface area contributed by atoms with Crippen LogP contribution in [0.15, 0.2) is 42.5 Å². The molecule has 0 unspecified atom stereocenters. The number of sulfonamides is 1. The maximum Gasteiger partial charge on any atom is 0.241 e. The number of hydrogen-bond acceptors (Lipinski definition) is 3. The molecule has 2 rings (SSSR count). The summed E-state index contributed by atoms with van der Waals surface area (Å²) in [5.74, 6) is -0.791. The summed E-state index contributed by atoms with van der Waals surface area (Å²) in [6.45, 7) is 5.05. The quantitative estimate of drug-likeness (QED) is 0.840. The second-order valence-electron chi connectivity index (χ2n) is 6.35. The van der Waals surface area contributed by atoms with Crippen LogP contribution in [0.2, 0.25) is 0 Å². The van der Waals surface area contributed by atoms with Gasteiger partial charge in [-0.05, 0) is 49.6 Å². The van der Waals surface area contributed by atoms with E-state index >= 15 is 0 Å². The van der Waals surface area contributed by atoms with E-state index in [2.05, 4.69) is 5.32 Å². The number of carbonyl (C=O) groups excluding carboxylic acids is 1. The second-order valence-corrected chi connectivity index (χ2v) is 8.26. The fraction of sp³-hybridized carbons (Fsp3) is 0.316. The van der Waals surface area contributed by atoms with Crippen LogP contribution in [0.25, 0.3) is 0 Å². The van der Waals surface area contributed by atoms with Crippen molar-refractivity contribution in [2.45, 2.75) is 26.8 Å². The van der Waals surface area contributed by atoms with Crippen molar-refractivity contribution in [3.63, 3.8) is 0 Å². The maximum absolute atomic E-state index is 13.0. The Morgan fingerprint density at radius 1 is 1.12 bits per heavy atom. The number of rotatable bonds is 6. The average molecular weight is 378 g/mol. The van der Waals surface area contributed by atoms with E-state index < -0.39 is 15.9 Å². The molecule has 26 heavy (non-hydrogen) atoms. The maximum atomic E-state index is 13.0. The van der Waals surface area contributed by atoms with Gasteiger partial charge in [-0.2, -0.15) is 0 Å². The summed E-state index contributed by atoms with van der Waals surface area (Å²) in [4.78, 5) is 12.5. The summed E-state index contributed by atoms with van der Waals surface area (Å²) in [6, 6.07) is 10.9. The molecule has 0 radical (unpaired) electrons. The van der Waals surface area contributed by atoms with Crippen LogP contribution in [0.3, 0.4) is 0 Å². The molecule has 0 aliphatic rings. The van der Waals surface area contributed by atoms with Crippen molar-refractivity contribution in [1.82, 2.24) is 5.32 Å². The van der Waals surface area contributed by atoms with E-state index in [1.807, 2.05) is 6.07 Å². The first-order chi connectivity index (χ1) is 12.1. The van der Waals surface area contributed by atoms with Crippen LogP contribution in [-0.4, -0.2) is 27.1 Å². The number of anilines is 1. The first kappa shape index (κ1) is 19.9. The molecule has 0 heterocycles. The fourth-order valence-electron chi connectivity index (χ4n) is 2.81. The minimum absolute atomic E-state index is 0.323. The number of aryl methyl sites for hydroxylation is 2. The Labute approximate surface area is 153 Å². The zero-order valence-electron chi connectivity index (χ0n) is 15.3. The Kier molecular flexibility index (Phi) is 6.02. The van der Waals surface area contributed by atoms with Crippen molar-refractivity contribution in [3.05, 3.63) is 65.0 Å². The van der Waals surface area contributed by atoms with E-state index in [4.69, 9.17) is 0 Å². The molecule has 0 saturated heterocycles. The van der Waals surface area contributed by atoms with E-state index in [0.717, 1.165) is 27.3 Å². The van der Waals surface area contributed by atoms with Crippen LogP contribution in [0.1, 0.15) is 29.7 Å². The Morgan fingerprint density at radius 3 is 2.15 bits per heavy atom. The fourth-order valence-corrected chi connectivity index (χ4v) is 3.78. The summed E-state index contributed by atoms with van der Waals surface area (Å²) in [5.41, 5.74) is 2.79. The Balaban J connectivity index is 2.21. The van der Waals surface area contributed by atoms with Crippen molar-refractivity contribution in [1.29, 1.82) is 0 Å². The summed E-state index contributed by atoms with van der Waals surface area (Å²) < 4.78 is 38.7. The number of benzene rings is 2. The predicted octanol–water partition coefficient (Wildman–Crippen LogP) is 3.09. The van der Waals surface area contributed by atoms with Crippen molar-refractivity contribution in [2.75, 3.05) is 17.1 Å². The lowest BCUT2D eigenvalue weighted by Crippen LogP contribution is -2.41. The predicted molar refractivity (Wildman–Crippen MR) is 101 cm³/mol. The zero-order chi connectivity index (χ0) is 19.5. The van der Waals surface area contributed by atoms with Crippen LogP contribution in [0, 0.1) is 19.7 Å². The average Bonchev–Trinajstić information content (AvgIpc) is 2.53. The van der Waals surface area contributed by atoms with Gasteiger partial charge in [0.25, 0.3) is 0 Å². The molecular formula is C19H23FN2O3S. The minimum Gasteiger partial charge on any atom is -0.348 e. The molecule has 1 atom stereocenters. The lowest BCUT2D eigenvalue weighted by Gasteiger charge is -2.26. The number of hydrogen-bond donors (Lipinski definition) is 1. The van der Waals surface area contributed by atoms with Gasteiger partial charge in [-0.25, -0.2) is 12.8 Å². The molecule has 0 fully saturated rings. The van der Waals surface area contributed by atoms with Gasteiger partial charge in [-0.15, -0.1) is 0 Å². The molecule has 2 aromatic rings. The highest BCUT2D eigenvalue weighted by Gasteiger charge is 2.24. The molecule has 0 aliphatic heterocycles. The van der Waals surface area contributed by atoms with E-state index in [1.54, 1.807) is 45.0 Å². The van der Waals surface area contributed by atoms with E-state index in [1.165, 1.54) is 12.1 Å². The second kappa shape index (κ2) is 7.86. The Bertz CT molecular complexity index is 875. The first-order valence-corrected chi connectivity index (χ1v) is 10.0. The van der Waals surface area contributed by atoms with E-state index in [0.29, 0.717) is 5.69 Å². The monoisotopic (exact) mass is 378 g/mol. The summed E-state index contributed by atoms with van der Waals surface area (Å²) in [6.07, 6.45) is 1.08. The molecule has 140 valence electrons. The lowest BCUT2D eigenvalue weighted by atomic mass is 10.1. The minimum atomic E-state index is -3.64. The van der Waals surface area contributed by atoms with Gasteiger partial charge in [-0.3, -0.25) is 9.10 Å². The molecular weight excluding hydrogens is 355 g/mol. The zero-order valence-corrected chi connectivity index (χ0v) is 16.1. The SMILES string of the molecule is Cc1cccc(C)c1N(CC(=O)N[C@@H](C)c1ccc(F)cc1)S(C)(=O)=O. The standard InChI is InChI=1S/C19H23FN2O3S/c1-13-6-5-7-14(2)19(13)22(26(4,24)25)12-18(23)21-15(3)16-8-10-17(20)11-9-16/h5-11,15H,12H2,1-4H3,(H,21,23)/t15-/m0/s1.